The zero-order chi connectivity index (χ0) is 22.4. The fourth-order valence-electron chi connectivity index (χ4n) is 4.15. The zero-order valence-electron chi connectivity index (χ0n) is 19.7. The average Bonchev–Trinajstić information content (AvgIpc) is 2.99. The van der Waals surface area contributed by atoms with Crippen molar-refractivity contribution in [3.63, 3.8) is 0 Å². The molecule has 0 amide bonds. The number of halogens is 2. The number of hydrogen-bond acceptors (Lipinski definition) is 4. The van der Waals surface area contributed by atoms with Crippen LogP contribution in [0.2, 0.25) is 5.02 Å². The standard InChI is InChI=1S/C23H35ClN6O.HI/c1-16(13-21-17(2)28-29(5)18(21)3)27-23(25-4)26-15-22(30-9-11-31-12-10-30)19-7-6-8-20(24)14-19;/h6-8,14,16,22H,9-13,15H2,1-5H3,(H2,25,26,27);1H. The Labute approximate surface area is 214 Å². The van der Waals surface area contributed by atoms with Crippen LogP contribution >= 0.6 is 35.6 Å². The fraction of sp³-hybridized carbons (Fsp3) is 0.565. The number of benzene rings is 1. The van der Waals surface area contributed by atoms with E-state index in [4.69, 9.17) is 16.3 Å². The molecule has 1 aliphatic rings. The number of morpholine rings is 1. The van der Waals surface area contributed by atoms with Crippen molar-refractivity contribution < 1.29 is 4.74 Å². The Morgan fingerprint density at radius 1 is 1.28 bits per heavy atom. The minimum atomic E-state index is 0. The molecule has 2 atom stereocenters. The molecule has 1 aromatic carbocycles. The van der Waals surface area contributed by atoms with Gasteiger partial charge in [0.15, 0.2) is 5.96 Å². The van der Waals surface area contributed by atoms with Crippen LogP contribution in [0.15, 0.2) is 29.3 Å². The number of ether oxygens (including phenoxy) is 1. The van der Waals surface area contributed by atoms with Gasteiger partial charge in [-0.2, -0.15) is 5.10 Å². The number of guanidine groups is 1. The molecule has 32 heavy (non-hydrogen) atoms. The van der Waals surface area contributed by atoms with Crippen LogP contribution in [0.4, 0.5) is 0 Å². The molecule has 2 unspecified atom stereocenters. The third-order valence-corrected chi connectivity index (χ3v) is 6.19. The van der Waals surface area contributed by atoms with Crippen LogP contribution in [-0.2, 0) is 18.2 Å². The molecule has 0 radical (unpaired) electrons. The summed E-state index contributed by atoms with van der Waals surface area (Å²) in [6, 6.07) is 8.54. The number of nitrogens with one attached hydrogen (secondary N) is 2. The monoisotopic (exact) mass is 574 g/mol. The van der Waals surface area contributed by atoms with E-state index in [0.29, 0.717) is 0 Å². The first-order valence-corrected chi connectivity index (χ1v) is 11.3. The summed E-state index contributed by atoms with van der Waals surface area (Å²) in [5.74, 6) is 0.798. The van der Waals surface area contributed by atoms with Crippen molar-refractivity contribution in [3.05, 3.63) is 51.8 Å². The Kier molecular flexibility index (Phi) is 10.7. The maximum Gasteiger partial charge on any atom is 0.191 e. The lowest BCUT2D eigenvalue weighted by molar-refractivity contribution is 0.0170. The summed E-state index contributed by atoms with van der Waals surface area (Å²) in [5, 5.41) is 12.4. The normalized spacial score (nSPS) is 16.9. The van der Waals surface area contributed by atoms with Crippen molar-refractivity contribution in [3.8, 4) is 0 Å². The number of nitrogens with zero attached hydrogens (tertiary/aromatic N) is 4. The van der Waals surface area contributed by atoms with Gasteiger partial charge in [0.05, 0.1) is 24.9 Å². The van der Waals surface area contributed by atoms with E-state index in [9.17, 15) is 0 Å². The molecule has 1 aliphatic heterocycles. The predicted molar refractivity (Wildman–Crippen MR) is 142 cm³/mol. The second-order valence-electron chi connectivity index (χ2n) is 8.19. The highest BCUT2D eigenvalue weighted by atomic mass is 127. The van der Waals surface area contributed by atoms with E-state index >= 15 is 0 Å². The zero-order valence-corrected chi connectivity index (χ0v) is 22.8. The highest BCUT2D eigenvalue weighted by Crippen LogP contribution is 2.24. The highest BCUT2D eigenvalue weighted by Gasteiger charge is 2.23. The Balaban J connectivity index is 0.00000363. The predicted octanol–water partition coefficient (Wildman–Crippen LogP) is 3.48. The Hall–Kier alpha value is -1.36. The summed E-state index contributed by atoms with van der Waals surface area (Å²) in [7, 11) is 3.80. The van der Waals surface area contributed by atoms with Gasteiger partial charge in [0.2, 0.25) is 0 Å². The van der Waals surface area contributed by atoms with E-state index in [-0.39, 0.29) is 36.1 Å². The number of aliphatic imine (C=N–C) groups is 1. The lowest BCUT2D eigenvalue weighted by Gasteiger charge is -2.35. The first kappa shape index (κ1) is 26.9. The second kappa shape index (κ2) is 12.8. The molecule has 178 valence electrons. The lowest BCUT2D eigenvalue weighted by atomic mass is 10.0. The second-order valence-corrected chi connectivity index (χ2v) is 8.63. The van der Waals surface area contributed by atoms with Crippen LogP contribution in [0.1, 0.15) is 35.5 Å². The van der Waals surface area contributed by atoms with Crippen LogP contribution in [0, 0.1) is 13.8 Å². The highest BCUT2D eigenvalue weighted by molar-refractivity contribution is 14.0. The topological polar surface area (TPSA) is 66.7 Å². The molecule has 2 heterocycles. The van der Waals surface area contributed by atoms with Crippen LogP contribution in [0.25, 0.3) is 0 Å². The molecule has 0 bridgehead atoms. The van der Waals surface area contributed by atoms with Crippen molar-refractivity contribution in [1.29, 1.82) is 0 Å². The van der Waals surface area contributed by atoms with E-state index in [1.165, 1.54) is 16.8 Å². The smallest absolute Gasteiger partial charge is 0.191 e. The largest absolute Gasteiger partial charge is 0.379 e. The molecule has 2 N–H and O–H groups in total. The van der Waals surface area contributed by atoms with Gasteiger partial charge in [-0.05, 0) is 50.5 Å². The van der Waals surface area contributed by atoms with Crippen LogP contribution < -0.4 is 10.6 Å². The van der Waals surface area contributed by atoms with Gasteiger partial charge in [-0.3, -0.25) is 14.6 Å². The summed E-state index contributed by atoms with van der Waals surface area (Å²) in [4.78, 5) is 6.90. The van der Waals surface area contributed by atoms with Crippen molar-refractivity contribution in [2.24, 2.45) is 12.0 Å². The maximum absolute atomic E-state index is 6.28. The van der Waals surface area contributed by atoms with E-state index < -0.39 is 0 Å². The lowest BCUT2D eigenvalue weighted by Crippen LogP contribution is -2.48. The van der Waals surface area contributed by atoms with Crippen molar-refractivity contribution in [2.45, 2.75) is 39.3 Å². The van der Waals surface area contributed by atoms with Gasteiger partial charge in [-0.1, -0.05) is 23.7 Å². The molecule has 1 fully saturated rings. The van der Waals surface area contributed by atoms with Crippen LogP contribution in [0.5, 0.6) is 0 Å². The van der Waals surface area contributed by atoms with Crippen molar-refractivity contribution in [1.82, 2.24) is 25.3 Å². The quantitative estimate of drug-likeness (QED) is 0.301. The third-order valence-electron chi connectivity index (χ3n) is 5.96. The first-order valence-electron chi connectivity index (χ1n) is 10.9. The number of rotatable bonds is 7. The SMILES string of the molecule is CN=C(NCC(c1cccc(Cl)c1)N1CCOCC1)NC(C)Cc1c(C)nn(C)c1C.I. The molecule has 1 aromatic heterocycles. The Bertz CT molecular complexity index is 897. The maximum atomic E-state index is 6.28. The fourth-order valence-corrected chi connectivity index (χ4v) is 4.35. The number of aromatic nitrogens is 2. The number of aryl methyl sites for hydroxylation is 2. The summed E-state index contributed by atoms with van der Waals surface area (Å²) in [5.41, 5.74) is 4.79. The van der Waals surface area contributed by atoms with Gasteiger partial charge < -0.3 is 15.4 Å². The number of hydrogen-bond donors (Lipinski definition) is 2. The molecular formula is C23H36ClIN6O. The van der Waals surface area contributed by atoms with Crippen molar-refractivity contribution in [2.75, 3.05) is 39.9 Å². The van der Waals surface area contributed by atoms with Gasteiger partial charge in [0, 0.05) is 50.5 Å². The molecule has 9 heteroatoms. The molecule has 0 saturated carbocycles. The summed E-state index contributed by atoms with van der Waals surface area (Å²) >= 11 is 6.28. The minimum absolute atomic E-state index is 0. The molecule has 7 nitrogen and oxygen atoms in total. The van der Waals surface area contributed by atoms with Gasteiger partial charge in [-0.15, -0.1) is 24.0 Å². The van der Waals surface area contributed by atoms with Gasteiger partial charge >= 0.3 is 0 Å². The van der Waals surface area contributed by atoms with Crippen LogP contribution in [-0.4, -0.2) is 66.6 Å². The molecular weight excluding hydrogens is 539 g/mol. The van der Waals surface area contributed by atoms with E-state index in [2.05, 4.69) is 58.5 Å². The van der Waals surface area contributed by atoms with Crippen LogP contribution in [0.3, 0.4) is 0 Å². The molecule has 0 spiro atoms. The summed E-state index contributed by atoms with van der Waals surface area (Å²) in [6.45, 7) is 10.4. The van der Waals surface area contributed by atoms with E-state index in [1.54, 1.807) is 0 Å². The summed E-state index contributed by atoms with van der Waals surface area (Å²) < 4.78 is 7.50. The molecule has 1 saturated heterocycles. The third kappa shape index (κ3) is 7.07. The van der Waals surface area contributed by atoms with Gasteiger partial charge in [-0.25, -0.2) is 0 Å². The molecule has 0 aliphatic carbocycles. The Morgan fingerprint density at radius 3 is 2.59 bits per heavy atom. The molecule has 2 aromatic rings. The Morgan fingerprint density at radius 2 is 2.00 bits per heavy atom. The van der Waals surface area contributed by atoms with E-state index in [1.807, 2.05) is 30.9 Å². The van der Waals surface area contributed by atoms with E-state index in [0.717, 1.165) is 55.9 Å². The summed E-state index contributed by atoms with van der Waals surface area (Å²) in [6.07, 6.45) is 0.896. The first-order chi connectivity index (χ1) is 14.9. The minimum Gasteiger partial charge on any atom is -0.379 e. The average molecular weight is 575 g/mol. The molecule has 3 rings (SSSR count). The van der Waals surface area contributed by atoms with Crippen molar-refractivity contribution >= 4 is 41.5 Å². The van der Waals surface area contributed by atoms with Gasteiger partial charge in [0.1, 0.15) is 0 Å². The van der Waals surface area contributed by atoms with Gasteiger partial charge in [0.25, 0.3) is 0 Å².